The maximum absolute atomic E-state index is 12.2. The Hall–Kier alpha value is -1.88. The third kappa shape index (κ3) is 3.12. The number of hydrogen-bond donors (Lipinski definition) is 0. The number of ether oxygens (including phenoxy) is 1. The SMILES string of the molecule is CCOC(=O)CN(C)C(=O)c1cc2ccccc2s1. The van der Waals surface area contributed by atoms with E-state index in [4.69, 9.17) is 4.74 Å². The van der Waals surface area contributed by atoms with Gasteiger partial charge in [-0.15, -0.1) is 11.3 Å². The van der Waals surface area contributed by atoms with Gasteiger partial charge in [-0.1, -0.05) is 18.2 Å². The number of thiophene rings is 1. The van der Waals surface area contributed by atoms with E-state index < -0.39 is 0 Å². The van der Waals surface area contributed by atoms with Crippen LogP contribution in [0, 0.1) is 0 Å². The first-order valence-corrected chi connectivity index (χ1v) is 6.83. The molecule has 0 spiro atoms. The van der Waals surface area contributed by atoms with Crippen molar-refractivity contribution in [1.29, 1.82) is 0 Å². The molecule has 0 saturated carbocycles. The van der Waals surface area contributed by atoms with Crippen molar-refractivity contribution < 1.29 is 14.3 Å². The Labute approximate surface area is 115 Å². The molecule has 0 fully saturated rings. The molecule has 2 rings (SSSR count). The third-order valence-corrected chi connectivity index (χ3v) is 3.76. The van der Waals surface area contributed by atoms with E-state index in [9.17, 15) is 9.59 Å². The lowest BCUT2D eigenvalue weighted by Crippen LogP contribution is -2.32. The topological polar surface area (TPSA) is 46.6 Å². The van der Waals surface area contributed by atoms with Crippen LogP contribution < -0.4 is 0 Å². The van der Waals surface area contributed by atoms with E-state index in [1.165, 1.54) is 16.2 Å². The van der Waals surface area contributed by atoms with Gasteiger partial charge in [-0.3, -0.25) is 9.59 Å². The maximum atomic E-state index is 12.2. The van der Waals surface area contributed by atoms with Crippen molar-refractivity contribution >= 4 is 33.3 Å². The van der Waals surface area contributed by atoms with Crippen LogP contribution in [0.5, 0.6) is 0 Å². The summed E-state index contributed by atoms with van der Waals surface area (Å²) in [7, 11) is 1.60. The zero-order valence-electron chi connectivity index (χ0n) is 10.9. The highest BCUT2D eigenvalue weighted by Gasteiger charge is 2.17. The lowest BCUT2D eigenvalue weighted by molar-refractivity contribution is -0.143. The number of amides is 1. The van der Waals surface area contributed by atoms with Crippen molar-refractivity contribution in [1.82, 2.24) is 4.90 Å². The van der Waals surface area contributed by atoms with Gasteiger partial charge in [0.15, 0.2) is 0 Å². The van der Waals surface area contributed by atoms with Crippen molar-refractivity contribution in [2.75, 3.05) is 20.2 Å². The third-order valence-electron chi connectivity index (χ3n) is 2.65. The highest BCUT2D eigenvalue weighted by molar-refractivity contribution is 7.20. The van der Waals surface area contributed by atoms with Gasteiger partial charge in [0.1, 0.15) is 6.54 Å². The Bertz CT molecular complexity index is 573. The molecular formula is C14H15NO3S. The molecule has 1 aromatic carbocycles. The van der Waals surface area contributed by atoms with E-state index in [1.54, 1.807) is 14.0 Å². The Balaban J connectivity index is 2.12. The van der Waals surface area contributed by atoms with Crippen molar-refractivity contribution in [2.45, 2.75) is 6.92 Å². The molecule has 0 N–H and O–H groups in total. The van der Waals surface area contributed by atoms with Crippen molar-refractivity contribution in [2.24, 2.45) is 0 Å². The van der Waals surface area contributed by atoms with Crippen LogP contribution in [0.2, 0.25) is 0 Å². The van der Waals surface area contributed by atoms with Crippen LogP contribution in [-0.2, 0) is 9.53 Å². The van der Waals surface area contributed by atoms with Crippen molar-refractivity contribution in [3.63, 3.8) is 0 Å². The van der Waals surface area contributed by atoms with Gasteiger partial charge >= 0.3 is 5.97 Å². The number of hydrogen-bond acceptors (Lipinski definition) is 4. The molecule has 0 aliphatic rings. The lowest BCUT2D eigenvalue weighted by Gasteiger charge is -2.14. The van der Waals surface area contributed by atoms with Crippen LogP contribution in [0.4, 0.5) is 0 Å². The fourth-order valence-corrected chi connectivity index (χ4v) is 2.80. The molecule has 0 aliphatic heterocycles. The molecule has 0 saturated heterocycles. The van der Waals surface area contributed by atoms with E-state index in [0.29, 0.717) is 11.5 Å². The van der Waals surface area contributed by atoms with E-state index in [0.717, 1.165) is 10.1 Å². The number of likely N-dealkylation sites (N-methyl/N-ethyl adjacent to an activating group) is 1. The molecular weight excluding hydrogens is 262 g/mol. The minimum Gasteiger partial charge on any atom is -0.465 e. The van der Waals surface area contributed by atoms with Gasteiger partial charge in [-0.2, -0.15) is 0 Å². The summed E-state index contributed by atoms with van der Waals surface area (Å²) < 4.78 is 5.89. The largest absolute Gasteiger partial charge is 0.465 e. The number of fused-ring (bicyclic) bond motifs is 1. The molecule has 4 nitrogen and oxygen atoms in total. The number of carbonyl (C=O) groups excluding carboxylic acids is 2. The lowest BCUT2D eigenvalue weighted by atomic mass is 10.2. The minimum atomic E-state index is -0.389. The van der Waals surface area contributed by atoms with Gasteiger partial charge < -0.3 is 9.64 Å². The van der Waals surface area contributed by atoms with Gasteiger partial charge in [0.25, 0.3) is 5.91 Å². The summed E-state index contributed by atoms with van der Waals surface area (Å²) in [5.41, 5.74) is 0. The second kappa shape index (κ2) is 5.84. The number of rotatable bonds is 4. The molecule has 1 aromatic heterocycles. The van der Waals surface area contributed by atoms with E-state index in [2.05, 4.69) is 0 Å². The average Bonchev–Trinajstić information content (AvgIpc) is 2.81. The Morgan fingerprint density at radius 3 is 2.74 bits per heavy atom. The summed E-state index contributed by atoms with van der Waals surface area (Å²) in [6.07, 6.45) is 0. The van der Waals surface area contributed by atoms with E-state index >= 15 is 0 Å². The first-order chi connectivity index (χ1) is 9.11. The Kier molecular flexibility index (Phi) is 4.16. The number of benzene rings is 1. The second-order valence-electron chi connectivity index (χ2n) is 4.11. The Morgan fingerprint density at radius 2 is 2.05 bits per heavy atom. The standard InChI is InChI=1S/C14H15NO3S/c1-3-18-13(16)9-15(2)14(17)12-8-10-6-4-5-7-11(10)19-12/h4-8H,3,9H2,1-2H3. The average molecular weight is 277 g/mol. The van der Waals surface area contributed by atoms with Crippen molar-refractivity contribution in [3.8, 4) is 0 Å². The predicted octanol–water partition coefficient (Wildman–Crippen LogP) is 2.54. The van der Waals surface area contributed by atoms with Crippen LogP contribution >= 0.6 is 11.3 Å². The van der Waals surface area contributed by atoms with Crippen LogP contribution in [0.15, 0.2) is 30.3 Å². The molecule has 0 unspecified atom stereocenters. The fourth-order valence-electron chi connectivity index (χ4n) is 1.75. The number of esters is 1. The molecule has 0 atom stereocenters. The highest BCUT2D eigenvalue weighted by Crippen LogP contribution is 2.25. The summed E-state index contributed by atoms with van der Waals surface area (Å²) in [6.45, 7) is 2.04. The normalized spacial score (nSPS) is 10.4. The molecule has 1 amide bonds. The molecule has 0 aliphatic carbocycles. The number of carbonyl (C=O) groups is 2. The van der Waals surface area contributed by atoms with Crippen molar-refractivity contribution in [3.05, 3.63) is 35.2 Å². The fraction of sp³-hybridized carbons (Fsp3) is 0.286. The Morgan fingerprint density at radius 1 is 1.32 bits per heavy atom. The molecule has 1 heterocycles. The first-order valence-electron chi connectivity index (χ1n) is 6.01. The van der Waals surface area contributed by atoms with Gasteiger partial charge in [0.2, 0.25) is 0 Å². The molecule has 100 valence electrons. The first kappa shape index (κ1) is 13.5. The molecule has 2 aromatic rings. The van der Waals surface area contributed by atoms with Gasteiger partial charge in [-0.25, -0.2) is 0 Å². The summed E-state index contributed by atoms with van der Waals surface area (Å²) in [5, 5.41) is 1.04. The quantitative estimate of drug-likeness (QED) is 0.807. The minimum absolute atomic E-state index is 0.0269. The molecule has 0 radical (unpaired) electrons. The molecule has 0 bridgehead atoms. The summed E-state index contributed by atoms with van der Waals surface area (Å²) in [6, 6.07) is 9.67. The monoisotopic (exact) mass is 277 g/mol. The summed E-state index contributed by atoms with van der Waals surface area (Å²) in [5.74, 6) is -0.547. The van der Waals surface area contributed by atoms with Gasteiger partial charge in [0.05, 0.1) is 11.5 Å². The number of nitrogens with zero attached hydrogens (tertiary/aromatic N) is 1. The summed E-state index contributed by atoms with van der Waals surface area (Å²) in [4.78, 5) is 25.5. The van der Waals surface area contributed by atoms with E-state index in [1.807, 2.05) is 30.3 Å². The van der Waals surface area contributed by atoms with E-state index in [-0.39, 0.29) is 18.4 Å². The van der Waals surface area contributed by atoms with Gasteiger partial charge in [0, 0.05) is 11.7 Å². The highest BCUT2D eigenvalue weighted by atomic mass is 32.1. The summed E-state index contributed by atoms with van der Waals surface area (Å²) >= 11 is 1.43. The van der Waals surface area contributed by atoms with Crippen LogP contribution in [0.1, 0.15) is 16.6 Å². The van der Waals surface area contributed by atoms with Crippen LogP contribution in [-0.4, -0.2) is 37.0 Å². The predicted molar refractivity (Wildman–Crippen MR) is 75.4 cm³/mol. The zero-order chi connectivity index (χ0) is 13.8. The maximum Gasteiger partial charge on any atom is 0.325 e. The van der Waals surface area contributed by atoms with Gasteiger partial charge in [-0.05, 0) is 24.4 Å². The van der Waals surface area contributed by atoms with Crippen LogP contribution in [0.25, 0.3) is 10.1 Å². The van der Waals surface area contributed by atoms with Crippen LogP contribution in [0.3, 0.4) is 0 Å². The zero-order valence-corrected chi connectivity index (χ0v) is 11.7. The smallest absolute Gasteiger partial charge is 0.325 e. The molecule has 5 heteroatoms. The second-order valence-corrected chi connectivity index (χ2v) is 5.20. The molecule has 19 heavy (non-hydrogen) atoms.